The second-order valence-electron chi connectivity index (χ2n) is 5.82. The van der Waals surface area contributed by atoms with Crippen LogP contribution in [0.25, 0.3) is 0 Å². The van der Waals surface area contributed by atoms with Crippen molar-refractivity contribution in [2.75, 3.05) is 17.2 Å². The molecule has 0 saturated carbocycles. The van der Waals surface area contributed by atoms with Gasteiger partial charge in [-0.1, -0.05) is 0 Å². The van der Waals surface area contributed by atoms with Crippen molar-refractivity contribution < 1.29 is 27.6 Å². The quantitative estimate of drug-likeness (QED) is 0.783. The van der Waals surface area contributed by atoms with Crippen LogP contribution < -0.4 is 10.6 Å². The highest BCUT2D eigenvalue weighted by Gasteiger charge is 2.37. The first-order chi connectivity index (χ1) is 12.2. The molecular weight excluding hydrogens is 351 g/mol. The summed E-state index contributed by atoms with van der Waals surface area (Å²) in [5.41, 5.74) is 1.07. The normalized spacial score (nSPS) is 17.4. The van der Waals surface area contributed by atoms with E-state index in [0.29, 0.717) is 36.8 Å². The molecule has 1 saturated heterocycles. The number of alkyl halides is 3. The molecule has 2 amide bonds. The van der Waals surface area contributed by atoms with Crippen LogP contribution in [-0.4, -0.2) is 41.3 Å². The fourth-order valence-corrected chi connectivity index (χ4v) is 2.57. The van der Waals surface area contributed by atoms with E-state index in [0.717, 1.165) is 6.20 Å². The minimum Gasteiger partial charge on any atom is -0.365 e. The van der Waals surface area contributed by atoms with Gasteiger partial charge in [-0.25, -0.2) is 0 Å². The molecule has 0 spiro atoms. The smallest absolute Gasteiger partial charge is 0.365 e. The molecule has 140 valence electrons. The third kappa shape index (κ3) is 5.33. The number of ketones is 1. The first-order valence-electron chi connectivity index (χ1n) is 7.90. The molecule has 0 unspecified atom stereocenters. The standard InChI is InChI=1S/C17H18F3N3O3/c1-11(24)21-12-4-6-13(7-5-12)22-16(26)14-3-2-9-23(14)10-8-15(25)17(18,19)20/h4-8,10,14H,2-3,9H2,1H3,(H,21,24)(H,22,26)/b10-8+/t14-/m1/s1. The maximum absolute atomic E-state index is 12.4. The Balaban J connectivity index is 1.98. The number of amides is 2. The summed E-state index contributed by atoms with van der Waals surface area (Å²) in [7, 11) is 0. The number of rotatable bonds is 5. The fraction of sp³-hybridized carbons (Fsp3) is 0.353. The Hall–Kier alpha value is -2.84. The molecule has 2 N–H and O–H groups in total. The average molecular weight is 369 g/mol. The van der Waals surface area contributed by atoms with E-state index in [9.17, 15) is 27.6 Å². The molecule has 0 aliphatic carbocycles. The van der Waals surface area contributed by atoms with Gasteiger partial charge in [0.05, 0.1) is 0 Å². The van der Waals surface area contributed by atoms with Crippen LogP contribution in [0.4, 0.5) is 24.5 Å². The van der Waals surface area contributed by atoms with Crippen LogP contribution in [0.3, 0.4) is 0 Å². The molecule has 1 aliphatic rings. The van der Waals surface area contributed by atoms with Crippen LogP contribution >= 0.6 is 0 Å². The zero-order chi connectivity index (χ0) is 19.3. The number of benzene rings is 1. The third-order valence-corrected chi connectivity index (χ3v) is 3.77. The first kappa shape index (κ1) is 19.5. The lowest BCUT2D eigenvalue weighted by atomic mass is 10.2. The molecule has 0 bridgehead atoms. The number of anilines is 2. The molecule has 26 heavy (non-hydrogen) atoms. The molecule has 1 aliphatic heterocycles. The largest absolute Gasteiger partial charge is 0.454 e. The van der Waals surface area contributed by atoms with Crippen molar-refractivity contribution in [3.63, 3.8) is 0 Å². The maximum Gasteiger partial charge on any atom is 0.454 e. The van der Waals surface area contributed by atoms with Gasteiger partial charge in [-0.3, -0.25) is 14.4 Å². The number of carbonyl (C=O) groups excluding carboxylic acids is 3. The summed E-state index contributed by atoms with van der Waals surface area (Å²) in [4.78, 5) is 35.7. The number of hydrogen-bond donors (Lipinski definition) is 2. The summed E-state index contributed by atoms with van der Waals surface area (Å²) in [6, 6.07) is 5.79. The number of halogens is 3. The van der Waals surface area contributed by atoms with E-state index in [1.807, 2.05) is 0 Å². The second kappa shape index (κ2) is 8.03. The molecule has 1 heterocycles. The molecule has 1 fully saturated rings. The zero-order valence-corrected chi connectivity index (χ0v) is 14.0. The van der Waals surface area contributed by atoms with Gasteiger partial charge in [0.15, 0.2) is 0 Å². The Kier molecular flexibility index (Phi) is 6.01. The molecule has 1 aromatic carbocycles. The Morgan fingerprint density at radius 1 is 1.12 bits per heavy atom. The molecule has 9 heteroatoms. The van der Waals surface area contributed by atoms with Crippen molar-refractivity contribution >= 4 is 29.0 Å². The Bertz CT molecular complexity index is 714. The lowest BCUT2D eigenvalue weighted by Gasteiger charge is -2.22. The van der Waals surface area contributed by atoms with E-state index in [1.165, 1.54) is 11.8 Å². The van der Waals surface area contributed by atoms with Gasteiger partial charge in [0.25, 0.3) is 5.78 Å². The molecule has 0 aromatic heterocycles. The van der Waals surface area contributed by atoms with E-state index in [2.05, 4.69) is 10.6 Å². The lowest BCUT2D eigenvalue weighted by Crippen LogP contribution is -2.36. The lowest BCUT2D eigenvalue weighted by molar-refractivity contribution is -0.165. The van der Waals surface area contributed by atoms with Crippen molar-refractivity contribution in [3.8, 4) is 0 Å². The predicted octanol–water partition coefficient (Wildman–Crippen LogP) is 2.69. The molecule has 1 aromatic rings. The number of carbonyl (C=O) groups is 3. The van der Waals surface area contributed by atoms with Gasteiger partial charge < -0.3 is 15.5 Å². The second-order valence-corrected chi connectivity index (χ2v) is 5.82. The topological polar surface area (TPSA) is 78.5 Å². The Morgan fingerprint density at radius 2 is 1.69 bits per heavy atom. The van der Waals surface area contributed by atoms with E-state index >= 15 is 0 Å². The minimum atomic E-state index is -4.93. The van der Waals surface area contributed by atoms with E-state index in [1.54, 1.807) is 24.3 Å². The highest BCUT2D eigenvalue weighted by atomic mass is 19.4. The number of hydrogen-bond acceptors (Lipinski definition) is 4. The van der Waals surface area contributed by atoms with Gasteiger partial charge in [0.1, 0.15) is 6.04 Å². The fourth-order valence-electron chi connectivity index (χ4n) is 2.57. The maximum atomic E-state index is 12.4. The van der Waals surface area contributed by atoms with Gasteiger partial charge in [0, 0.05) is 37.1 Å². The minimum absolute atomic E-state index is 0.219. The number of allylic oxidation sites excluding steroid dienone is 1. The van der Waals surface area contributed by atoms with E-state index in [4.69, 9.17) is 0 Å². The molecule has 2 rings (SSSR count). The molecule has 6 nitrogen and oxygen atoms in total. The van der Waals surface area contributed by atoms with E-state index in [-0.39, 0.29) is 11.8 Å². The van der Waals surface area contributed by atoms with Crippen LogP contribution in [0.5, 0.6) is 0 Å². The monoisotopic (exact) mass is 369 g/mol. The van der Waals surface area contributed by atoms with Crippen LogP contribution in [-0.2, 0) is 14.4 Å². The highest BCUT2D eigenvalue weighted by molar-refractivity contribution is 5.96. The number of likely N-dealkylation sites (tertiary alicyclic amines) is 1. The van der Waals surface area contributed by atoms with Crippen molar-refractivity contribution in [2.24, 2.45) is 0 Å². The highest BCUT2D eigenvalue weighted by Crippen LogP contribution is 2.22. The van der Waals surface area contributed by atoms with Crippen molar-refractivity contribution in [2.45, 2.75) is 32.0 Å². The number of nitrogens with one attached hydrogen (secondary N) is 2. The summed E-state index contributed by atoms with van der Waals surface area (Å²) in [6.45, 7) is 1.77. The zero-order valence-electron chi connectivity index (χ0n) is 14.0. The van der Waals surface area contributed by atoms with Crippen LogP contribution in [0.15, 0.2) is 36.5 Å². The van der Waals surface area contributed by atoms with Crippen LogP contribution in [0.2, 0.25) is 0 Å². The van der Waals surface area contributed by atoms with Gasteiger partial charge in [-0.2, -0.15) is 13.2 Å². The Morgan fingerprint density at radius 3 is 2.23 bits per heavy atom. The van der Waals surface area contributed by atoms with Gasteiger partial charge in [-0.05, 0) is 37.1 Å². The summed E-state index contributed by atoms with van der Waals surface area (Å²) in [6.07, 6.45) is -2.37. The molecule has 1 atom stereocenters. The van der Waals surface area contributed by atoms with Crippen molar-refractivity contribution in [3.05, 3.63) is 36.5 Å². The van der Waals surface area contributed by atoms with E-state index < -0.39 is 18.0 Å². The van der Waals surface area contributed by atoms with Gasteiger partial charge in [-0.15, -0.1) is 0 Å². The van der Waals surface area contributed by atoms with Gasteiger partial charge in [0.2, 0.25) is 11.8 Å². The number of nitrogens with zero attached hydrogens (tertiary/aromatic N) is 1. The SMILES string of the molecule is CC(=O)Nc1ccc(NC(=O)[C@H]2CCCN2/C=C/C(=O)C(F)(F)F)cc1. The van der Waals surface area contributed by atoms with Crippen LogP contribution in [0, 0.1) is 0 Å². The summed E-state index contributed by atoms with van der Waals surface area (Å²) >= 11 is 0. The van der Waals surface area contributed by atoms with Crippen molar-refractivity contribution in [1.82, 2.24) is 4.90 Å². The van der Waals surface area contributed by atoms with Gasteiger partial charge >= 0.3 is 6.18 Å². The third-order valence-electron chi connectivity index (χ3n) is 3.77. The van der Waals surface area contributed by atoms with Crippen LogP contribution in [0.1, 0.15) is 19.8 Å². The molecular formula is C17H18F3N3O3. The summed E-state index contributed by atoms with van der Waals surface area (Å²) < 4.78 is 36.8. The van der Waals surface area contributed by atoms with Crippen molar-refractivity contribution in [1.29, 1.82) is 0 Å². The predicted molar refractivity (Wildman–Crippen MR) is 89.3 cm³/mol. The summed E-state index contributed by atoms with van der Waals surface area (Å²) in [5.74, 6) is -2.56. The Labute approximate surface area is 148 Å². The first-order valence-corrected chi connectivity index (χ1v) is 7.90. The molecule has 0 radical (unpaired) electrons. The summed E-state index contributed by atoms with van der Waals surface area (Å²) in [5, 5.41) is 5.27. The average Bonchev–Trinajstić information content (AvgIpc) is 3.01.